The fourth-order valence-corrected chi connectivity index (χ4v) is 1.87. The fourth-order valence-electron chi connectivity index (χ4n) is 1.87. The lowest BCUT2D eigenvalue weighted by atomic mass is 9.90. The lowest BCUT2D eigenvalue weighted by molar-refractivity contribution is 0.646. The molecule has 1 aromatic heterocycles. The van der Waals surface area contributed by atoms with E-state index in [2.05, 4.69) is 16.4 Å². The first-order chi connectivity index (χ1) is 6.83. The average Bonchev–Trinajstić information content (AvgIpc) is 2.66. The summed E-state index contributed by atoms with van der Waals surface area (Å²) in [4.78, 5) is 4.04. The zero-order chi connectivity index (χ0) is 9.97. The van der Waals surface area contributed by atoms with Crippen molar-refractivity contribution in [2.24, 2.45) is 5.92 Å². The first-order valence-corrected chi connectivity index (χ1v) is 4.62. The summed E-state index contributed by atoms with van der Waals surface area (Å²) in [5.74, 6) is 0.204. The highest BCUT2D eigenvalue weighted by molar-refractivity contribution is 5.47. The van der Waals surface area contributed by atoms with E-state index in [4.69, 9.17) is 11.0 Å². The van der Waals surface area contributed by atoms with E-state index in [1.165, 1.54) is 0 Å². The second-order valence-corrected chi connectivity index (χ2v) is 3.50. The van der Waals surface area contributed by atoms with Gasteiger partial charge in [0.2, 0.25) is 0 Å². The largest absolute Gasteiger partial charge is 0.398 e. The van der Waals surface area contributed by atoms with Crippen LogP contribution in [0.1, 0.15) is 11.5 Å². The van der Waals surface area contributed by atoms with Gasteiger partial charge in [-0.2, -0.15) is 5.26 Å². The minimum atomic E-state index is 0.0153. The van der Waals surface area contributed by atoms with Gasteiger partial charge in [-0.3, -0.25) is 4.98 Å². The summed E-state index contributed by atoms with van der Waals surface area (Å²) in [5.41, 5.74) is 7.56. The SMILES string of the molecule is N#CC1CNCC1c1cnccc1N. The predicted molar refractivity (Wildman–Crippen MR) is 53.4 cm³/mol. The maximum Gasteiger partial charge on any atom is 0.0676 e. The molecule has 0 radical (unpaired) electrons. The molecular formula is C10H12N4. The van der Waals surface area contributed by atoms with Crippen molar-refractivity contribution in [1.82, 2.24) is 10.3 Å². The molecule has 0 spiro atoms. The third kappa shape index (κ3) is 1.42. The molecule has 2 heterocycles. The molecule has 3 N–H and O–H groups in total. The summed E-state index contributed by atoms with van der Waals surface area (Å²) in [6.07, 6.45) is 3.43. The summed E-state index contributed by atoms with van der Waals surface area (Å²) >= 11 is 0. The maximum absolute atomic E-state index is 8.94. The van der Waals surface area contributed by atoms with Crippen molar-refractivity contribution < 1.29 is 0 Å². The fraction of sp³-hybridized carbons (Fsp3) is 0.400. The number of aromatic nitrogens is 1. The van der Waals surface area contributed by atoms with Gasteiger partial charge in [-0.15, -0.1) is 0 Å². The number of hydrogen-bond donors (Lipinski definition) is 2. The van der Waals surface area contributed by atoms with Gasteiger partial charge in [-0.25, -0.2) is 0 Å². The Hall–Kier alpha value is -1.60. The van der Waals surface area contributed by atoms with Crippen LogP contribution in [0.4, 0.5) is 5.69 Å². The topological polar surface area (TPSA) is 74.7 Å². The van der Waals surface area contributed by atoms with E-state index in [1.807, 2.05) is 0 Å². The first-order valence-electron chi connectivity index (χ1n) is 4.62. The van der Waals surface area contributed by atoms with E-state index < -0.39 is 0 Å². The van der Waals surface area contributed by atoms with Gasteiger partial charge in [0, 0.05) is 37.1 Å². The molecule has 2 unspecified atom stereocenters. The predicted octanol–water partition coefficient (Wildman–Crippen LogP) is 0.490. The maximum atomic E-state index is 8.94. The Kier molecular flexibility index (Phi) is 2.33. The quantitative estimate of drug-likeness (QED) is 0.672. The van der Waals surface area contributed by atoms with Gasteiger partial charge in [-0.05, 0) is 11.6 Å². The third-order valence-corrected chi connectivity index (χ3v) is 2.67. The van der Waals surface area contributed by atoms with Gasteiger partial charge in [0.15, 0.2) is 0 Å². The minimum Gasteiger partial charge on any atom is -0.398 e. The second-order valence-electron chi connectivity index (χ2n) is 3.50. The molecule has 14 heavy (non-hydrogen) atoms. The molecule has 0 bridgehead atoms. The standard InChI is InChI=1S/C10H12N4/c11-3-7-4-14-5-8(7)9-6-13-2-1-10(9)12/h1-2,6-8,14H,4-5H2,(H2,12,13). The number of hydrogen-bond acceptors (Lipinski definition) is 4. The van der Waals surface area contributed by atoms with Gasteiger partial charge in [0.05, 0.1) is 12.0 Å². The lowest BCUT2D eigenvalue weighted by Crippen LogP contribution is -2.11. The Morgan fingerprint density at radius 1 is 1.57 bits per heavy atom. The highest BCUT2D eigenvalue weighted by atomic mass is 14.9. The van der Waals surface area contributed by atoms with E-state index in [0.29, 0.717) is 0 Å². The number of pyridine rings is 1. The summed E-state index contributed by atoms with van der Waals surface area (Å²) in [6.45, 7) is 1.56. The van der Waals surface area contributed by atoms with Gasteiger partial charge in [-0.1, -0.05) is 0 Å². The van der Waals surface area contributed by atoms with Crippen LogP contribution in [0, 0.1) is 17.2 Å². The Morgan fingerprint density at radius 3 is 3.14 bits per heavy atom. The summed E-state index contributed by atoms with van der Waals surface area (Å²) in [6, 6.07) is 4.07. The van der Waals surface area contributed by atoms with Crippen LogP contribution in [0.15, 0.2) is 18.5 Å². The smallest absolute Gasteiger partial charge is 0.0676 e. The number of anilines is 1. The van der Waals surface area contributed by atoms with Crippen molar-refractivity contribution in [2.75, 3.05) is 18.8 Å². The molecule has 0 amide bonds. The van der Waals surface area contributed by atoms with Crippen LogP contribution in [0.3, 0.4) is 0 Å². The normalized spacial score (nSPS) is 25.9. The molecule has 4 nitrogen and oxygen atoms in total. The molecule has 72 valence electrons. The number of nitrogen functional groups attached to an aromatic ring is 1. The Balaban J connectivity index is 2.31. The highest BCUT2D eigenvalue weighted by Crippen LogP contribution is 2.30. The molecule has 1 fully saturated rings. The first kappa shape index (κ1) is 8.97. The number of nitrogens with two attached hydrogens (primary N) is 1. The van der Waals surface area contributed by atoms with E-state index in [0.717, 1.165) is 24.3 Å². The van der Waals surface area contributed by atoms with Crippen molar-refractivity contribution in [3.63, 3.8) is 0 Å². The van der Waals surface area contributed by atoms with Crippen LogP contribution in [0.25, 0.3) is 0 Å². The molecule has 2 atom stereocenters. The Labute approximate surface area is 82.8 Å². The van der Waals surface area contributed by atoms with Crippen LogP contribution < -0.4 is 11.1 Å². The molecule has 1 aliphatic rings. The molecule has 0 saturated carbocycles. The van der Waals surface area contributed by atoms with Crippen molar-refractivity contribution in [3.05, 3.63) is 24.0 Å². The number of nitriles is 1. The van der Waals surface area contributed by atoms with Crippen LogP contribution >= 0.6 is 0 Å². The molecule has 0 aromatic carbocycles. The van der Waals surface area contributed by atoms with Crippen LogP contribution in [0.5, 0.6) is 0 Å². The van der Waals surface area contributed by atoms with Crippen molar-refractivity contribution in [2.45, 2.75) is 5.92 Å². The molecule has 1 aliphatic heterocycles. The summed E-state index contributed by atoms with van der Waals surface area (Å²) in [5, 5.41) is 12.1. The van der Waals surface area contributed by atoms with Crippen LogP contribution in [-0.4, -0.2) is 18.1 Å². The zero-order valence-corrected chi connectivity index (χ0v) is 7.77. The highest BCUT2D eigenvalue weighted by Gasteiger charge is 2.29. The zero-order valence-electron chi connectivity index (χ0n) is 7.77. The van der Waals surface area contributed by atoms with Gasteiger partial charge < -0.3 is 11.1 Å². The molecule has 0 aliphatic carbocycles. The Morgan fingerprint density at radius 2 is 2.43 bits per heavy atom. The Bertz CT molecular complexity index is 369. The van der Waals surface area contributed by atoms with Crippen molar-refractivity contribution in [1.29, 1.82) is 5.26 Å². The lowest BCUT2D eigenvalue weighted by Gasteiger charge is -2.13. The minimum absolute atomic E-state index is 0.0153. The monoisotopic (exact) mass is 188 g/mol. The van der Waals surface area contributed by atoms with Gasteiger partial charge in [0.25, 0.3) is 0 Å². The van der Waals surface area contributed by atoms with E-state index in [1.54, 1.807) is 18.5 Å². The number of nitrogens with one attached hydrogen (secondary N) is 1. The molecule has 2 rings (SSSR count). The molecule has 1 saturated heterocycles. The van der Waals surface area contributed by atoms with E-state index in [9.17, 15) is 0 Å². The number of rotatable bonds is 1. The molecule has 4 heteroatoms. The summed E-state index contributed by atoms with van der Waals surface area (Å²) in [7, 11) is 0. The van der Waals surface area contributed by atoms with Crippen LogP contribution in [0.2, 0.25) is 0 Å². The van der Waals surface area contributed by atoms with Gasteiger partial charge >= 0.3 is 0 Å². The van der Waals surface area contributed by atoms with E-state index in [-0.39, 0.29) is 11.8 Å². The van der Waals surface area contributed by atoms with Crippen molar-refractivity contribution in [3.8, 4) is 6.07 Å². The summed E-state index contributed by atoms with van der Waals surface area (Å²) < 4.78 is 0. The van der Waals surface area contributed by atoms with E-state index >= 15 is 0 Å². The van der Waals surface area contributed by atoms with Gasteiger partial charge in [0.1, 0.15) is 0 Å². The third-order valence-electron chi connectivity index (χ3n) is 2.67. The molecular weight excluding hydrogens is 176 g/mol. The van der Waals surface area contributed by atoms with Crippen molar-refractivity contribution >= 4 is 5.69 Å². The number of nitrogens with zero attached hydrogens (tertiary/aromatic N) is 2. The van der Waals surface area contributed by atoms with Crippen LogP contribution in [-0.2, 0) is 0 Å². The second kappa shape index (κ2) is 3.64. The molecule has 1 aromatic rings. The average molecular weight is 188 g/mol.